The van der Waals surface area contributed by atoms with Crippen molar-refractivity contribution < 1.29 is 39.0 Å². The summed E-state index contributed by atoms with van der Waals surface area (Å²) < 4.78 is 0. The van der Waals surface area contributed by atoms with Crippen LogP contribution < -0.4 is 26.6 Å². The van der Waals surface area contributed by atoms with Crippen LogP contribution in [-0.4, -0.2) is 90.3 Å². The number of carboxylic acid groups (broad SMARTS) is 2. The number of nitrogens with one attached hydrogen (secondary N) is 5. The lowest BCUT2D eigenvalue weighted by Gasteiger charge is -2.18. The molecule has 13 nitrogen and oxygen atoms in total. The van der Waals surface area contributed by atoms with Gasteiger partial charge in [-0.25, -0.2) is 0 Å². The largest absolute Gasteiger partial charge is 0.481 e. The lowest BCUT2D eigenvalue weighted by molar-refractivity contribution is -0.138. The SMILES string of the molecule is O=C(O)CC[C@H](NCCCCCCCCCCCS)C(=O)NCC(=O)NCC(=O)NCC(=O)NCC(=O)O. The van der Waals surface area contributed by atoms with Crippen LogP contribution in [-0.2, 0) is 28.8 Å². The molecule has 14 heteroatoms. The van der Waals surface area contributed by atoms with E-state index in [1.54, 1.807) is 0 Å². The Morgan fingerprint density at radius 2 is 1.03 bits per heavy atom. The molecular weight excluding hydrogens is 518 g/mol. The Balaban J connectivity index is 4.18. The zero-order valence-electron chi connectivity index (χ0n) is 21.9. The van der Waals surface area contributed by atoms with Crippen LogP contribution in [0, 0.1) is 0 Å². The van der Waals surface area contributed by atoms with Crippen LogP contribution in [0.5, 0.6) is 0 Å². The predicted molar refractivity (Wildman–Crippen MR) is 144 cm³/mol. The molecular formula is C24H43N5O8S. The lowest BCUT2D eigenvalue weighted by atomic mass is 10.1. The number of thiol groups is 1. The molecule has 0 saturated heterocycles. The van der Waals surface area contributed by atoms with Crippen LogP contribution in [0.1, 0.15) is 70.6 Å². The number of carboxylic acids is 2. The van der Waals surface area contributed by atoms with Gasteiger partial charge in [0, 0.05) is 6.42 Å². The van der Waals surface area contributed by atoms with Crippen molar-refractivity contribution in [3.8, 4) is 0 Å². The van der Waals surface area contributed by atoms with E-state index in [4.69, 9.17) is 10.2 Å². The Hall–Kier alpha value is -2.87. The van der Waals surface area contributed by atoms with Gasteiger partial charge in [0.05, 0.1) is 25.7 Å². The molecule has 0 unspecified atom stereocenters. The van der Waals surface area contributed by atoms with E-state index < -0.39 is 67.8 Å². The van der Waals surface area contributed by atoms with Gasteiger partial charge in [-0.1, -0.05) is 44.9 Å². The first-order chi connectivity index (χ1) is 18.1. The highest BCUT2D eigenvalue weighted by Crippen LogP contribution is 2.10. The van der Waals surface area contributed by atoms with Gasteiger partial charge in [-0.15, -0.1) is 0 Å². The number of rotatable bonds is 24. The van der Waals surface area contributed by atoms with Gasteiger partial charge in [-0.3, -0.25) is 28.8 Å². The summed E-state index contributed by atoms with van der Waals surface area (Å²) >= 11 is 4.20. The fraction of sp³-hybridized carbons (Fsp3) is 0.750. The Morgan fingerprint density at radius 1 is 0.579 bits per heavy atom. The molecule has 0 rings (SSSR count). The fourth-order valence-electron chi connectivity index (χ4n) is 3.35. The molecule has 38 heavy (non-hydrogen) atoms. The molecule has 0 bridgehead atoms. The van der Waals surface area contributed by atoms with E-state index in [9.17, 15) is 28.8 Å². The second kappa shape index (κ2) is 23.3. The monoisotopic (exact) mass is 561 g/mol. The van der Waals surface area contributed by atoms with E-state index in [0.29, 0.717) is 6.54 Å². The summed E-state index contributed by atoms with van der Waals surface area (Å²) in [7, 11) is 0. The van der Waals surface area contributed by atoms with E-state index in [1.807, 2.05) is 0 Å². The standard InChI is InChI=1S/C24H43N5O8S/c30-19(26-15-20(31)28-17-23(35)36)14-27-21(32)16-29-24(37)18(10-11-22(33)34)25-12-8-6-4-2-1-3-5-7-9-13-38/h18,25,38H,1-17H2,(H,26,30)(H,27,32)(H,28,31)(H,29,37)(H,33,34)(H,35,36)/t18-/m0/s1. The number of hydrogen-bond donors (Lipinski definition) is 8. The maximum Gasteiger partial charge on any atom is 0.322 e. The highest BCUT2D eigenvalue weighted by atomic mass is 32.1. The van der Waals surface area contributed by atoms with Crippen molar-refractivity contribution in [2.75, 3.05) is 38.5 Å². The fourth-order valence-corrected chi connectivity index (χ4v) is 3.58. The molecule has 7 N–H and O–H groups in total. The maximum absolute atomic E-state index is 12.5. The second-order valence-electron chi connectivity index (χ2n) is 8.79. The molecule has 0 aromatic carbocycles. The zero-order valence-corrected chi connectivity index (χ0v) is 22.8. The van der Waals surface area contributed by atoms with Crippen LogP contribution in [0.3, 0.4) is 0 Å². The third kappa shape index (κ3) is 22.3. The van der Waals surface area contributed by atoms with Gasteiger partial charge in [0.15, 0.2) is 0 Å². The zero-order chi connectivity index (χ0) is 28.6. The molecule has 0 heterocycles. The first-order valence-electron chi connectivity index (χ1n) is 13.0. The van der Waals surface area contributed by atoms with Gasteiger partial charge < -0.3 is 36.8 Å². The molecule has 0 fully saturated rings. The van der Waals surface area contributed by atoms with Crippen LogP contribution in [0.15, 0.2) is 0 Å². The molecule has 0 spiro atoms. The molecule has 1 atom stereocenters. The van der Waals surface area contributed by atoms with Crippen molar-refractivity contribution in [1.29, 1.82) is 0 Å². The number of carbonyl (C=O) groups is 6. The normalized spacial score (nSPS) is 11.3. The van der Waals surface area contributed by atoms with Crippen molar-refractivity contribution in [3.63, 3.8) is 0 Å². The quantitative estimate of drug-likeness (QED) is 0.0580. The van der Waals surface area contributed by atoms with Crippen molar-refractivity contribution in [2.45, 2.75) is 76.7 Å². The minimum Gasteiger partial charge on any atom is -0.481 e. The summed E-state index contributed by atoms with van der Waals surface area (Å²) in [6, 6.07) is -0.765. The topological polar surface area (TPSA) is 203 Å². The summed E-state index contributed by atoms with van der Waals surface area (Å²) in [6.45, 7) is -1.34. The summed E-state index contributed by atoms with van der Waals surface area (Å²) in [4.78, 5) is 68.8. The van der Waals surface area contributed by atoms with Gasteiger partial charge in [-0.05, 0) is 31.6 Å². The van der Waals surface area contributed by atoms with Crippen LogP contribution in [0.25, 0.3) is 0 Å². The highest BCUT2D eigenvalue weighted by Gasteiger charge is 2.19. The van der Waals surface area contributed by atoms with Crippen LogP contribution in [0.2, 0.25) is 0 Å². The average Bonchev–Trinajstić information content (AvgIpc) is 2.88. The molecule has 0 aromatic heterocycles. The third-order valence-corrected chi connectivity index (χ3v) is 5.76. The summed E-state index contributed by atoms with van der Waals surface area (Å²) in [6.07, 6.45) is 10.0. The lowest BCUT2D eigenvalue weighted by Crippen LogP contribution is -2.49. The van der Waals surface area contributed by atoms with E-state index in [-0.39, 0.29) is 12.8 Å². The van der Waals surface area contributed by atoms with Crippen molar-refractivity contribution >= 4 is 48.2 Å². The molecule has 218 valence electrons. The number of unbranched alkanes of at least 4 members (excludes halogenated alkanes) is 8. The Bertz CT molecular complexity index is 753. The molecule has 4 amide bonds. The third-order valence-electron chi connectivity index (χ3n) is 5.44. The minimum atomic E-state index is -1.23. The number of aliphatic carboxylic acids is 2. The summed E-state index contributed by atoms with van der Waals surface area (Å²) in [5, 5.41) is 29.5. The van der Waals surface area contributed by atoms with Gasteiger partial charge in [0.25, 0.3) is 0 Å². The van der Waals surface area contributed by atoms with E-state index in [2.05, 4.69) is 39.2 Å². The van der Waals surface area contributed by atoms with Gasteiger partial charge in [0.1, 0.15) is 6.54 Å². The van der Waals surface area contributed by atoms with Crippen LogP contribution in [0.4, 0.5) is 0 Å². The van der Waals surface area contributed by atoms with E-state index >= 15 is 0 Å². The van der Waals surface area contributed by atoms with Gasteiger partial charge in [-0.2, -0.15) is 12.6 Å². The average molecular weight is 562 g/mol. The van der Waals surface area contributed by atoms with E-state index in [0.717, 1.165) is 37.9 Å². The maximum atomic E-state index is 12.5. The number of amides is 4. The molecule has 0 aliphatic heterocycles. The summed E-state index contributed by atoms with van der Waals surface area (Å²) in [5.41, 5.74) is 0. The first-order valence-corrected chi connectivity index (χ1v) is 13.6. The molecule has 0 aromatic rings. The van der Waals surface area contributed by atoms with Gasteiger partial charge >= 0.3 is 11.9 Å². The first kappa shape index (κ1) is 35.1. The van der Waals surface area contributed by atoms with E-state index in [1.165, 1.54) is 25.7 Å². The molecule has 0 saturated carbocycles. The van der Waals surface area contributed by atoms with Crippen molar-refractivity contribution in [2.24, 2.45) is 0 Å². The highest BCUT2D eigenvalue weighted by molar-refractivity contribution is 7.80. The van der Waals surface area contributed by atoms with Crippen molar-refractivity contribution in [3.05, 3.63) is 0 Å². The predicted octanol–water partition coefficient (Wildman–Crippen LogP) is -0.200. The second-order valence-corrected chi connectivity index (χ2v) is 9.23. The number of carbonyl (C=O) groups excluding carboxylic acids is 4. The van der Waals surface area contributed by atoms with Crippen molar-refractivity contribution in [1.82, 2.24) is 26.6 Å². The molecule has 0 aliphatic rings. The Labute approximate surface area is 229 Å². The van der Waals surface area contributed by atoms with Gasteiger partial charge in [0.2, 0.25) is 23.6 Å². The number of hydrogen-bond acceptors (Lipinski definition) is 8. The molecule has 0 radical (unpaired) electrons. The minimum absolute atomic E-state index is 0.0709. The smallest absolute Gasteiger partial charge is 0.322 e. The Kier molecular flexibility index (Phi) is 21.5. The Morgan fingerprint density at radius 3 is 1.50 bits per heavy atom. The summed E-state index contributed by atoms with van der Waals surface area (Å²) in [5.74, 6) is -3.85. The van der Waals surface area contributed by atoms with Crippen LogP contribution >= 0.6 is 12.6 Å². The molecule has 0 aliphatic carbocycles.